The molecule has 0 radical (unpaired) electrons. The number of carbonyl (C=O) groups is 3. The van der Waals surface area contributed by atoms with Gasteiger partial charge in [-0.2, -0.15) is 0 Å². The summed E-state index contributed by atoms with van der Waals surface area (Å²) in [5, 5.41) is 12.9. The van der Waals surface area contributed by atoms with Crippen LogP contribution in [0, 0.1) is 13.8 Å². The summed E-state index contributed by atoms with van der Waals surface area (Å²) in [5.74, 6) is -0.496. The van der Waals surface area contributed by atoms with Gasteiger partial charge in [-0.25, -0.2) is 19.6 Å². The molecule has 0 aliphatic rings. The summed E-state index contributed by atoms with van der Waals surface area (Å²) in [4.78, 5) is 73.9. The maximum Gasteiger partial charge on any atom is 0.322 e. The fourth-order valence-electron chi connectivity index (χ4n) is 3.68. The SMILES string of the molecule is Cc1cc(=O)[nH]c(NC(=O)NCCCCC(NC(=O)Nc2nc(C)cc(=O)[nH]2)C(=O)Nc2cccc(CN)c2)n1. The molecule has 15 nitrogen and oxygen atoms in total. The van der Waals surface area contributed by atoms with Gasteiger partial charge < -0.3 is 21.7 Å². The molecule has 15 heteroatoms. The van der Waals surface area contributed by atoms with E-state index in [2.05, 4.69) is 46.5 Å². The van der Waals surface area contributed by atoms with Crippen molar-refractivity contribution in [3.8, 4) is 0 Å². The predicted octanol–water partition coefficient (Wildman–Crippen LogP) is 1.05. The van der Waals surface area contributed by atoms with Gasteiger partial charge in [0.2, 0.25) is 17.8 Å². The minimum Gasteiger partial charge on any atom is -0.338 e. The van der Waals surface area contributed by atoms with Crippen molar-refractivity contribution in [2.75, 3.05) is 22.5 Å². The van der Waals surface area contributed by atoms with Gasteiger partial charge in [-0.05, 0) is 50.8 Å². The zero-order valence-corrected chi connectivity index (χ0v) is 22.1. The lowest BCUT2D eigenvalue weighted by Gasteiger charge is -2.19. The molecule has 1 atom stereocenters. The molecule has 5 amide bonds. The van der Waals surface area contributed by atoms with E-state index in [1.54, 1.807) is 32.0 Å². The van der Waals surface area contributed by atoms with Crippen LogP contribution in [0.3, 0.4) is 0 Å². The zero-order valence-electron chi connectivity index (χ0n) is 22.1. The Morgan fingerprint density at radius 3 is 2.10 bits per heavy atom. The number of unbranched alkanes of at least 4 members (excludes halogenated alkanes) is 1. The number of carbonyl (C=O) groups excluding carboxylic acids is 3. The van der Waals surface area contributed by atoms with Crippen molar-refractivity contribution in [2.24, 2.45) is 5.73 Å². The quantitative estimate of drug-likeness (QED) is 0.160. The van der Waals surface area contributed by atoms with Crippen molar-refractivity contribution in [1.29, 1.82) is 0 Å². The predicted molar refractivity (Wildman–Crippen MR) is 149 cm³/mol. The molecule has 3 rings (SSSR count). The Morgan fingerprint density at radius 2 is 1.50 bits per heavy atom. The highest BCUT2D eigenvalue weighted by Gasteiger charge is 2.21. The number of aryl methyl sites for hydroxylation is 2. The summed E-state index contributed by atoms with van der Waals surface area (Å²) in [7, 11) is 0. The Morgan fingerprint density at radius 1 is 0.875 bits per heavy atom. The van der Waals surface area contributed by atoms with Crippen LogP contribution in [-0.4, -0.2) is 50.5 Å². The molecule has 1 aromatic carbocycles. The summed E-state index contributed by atoms with van der Waals surface area (Å²) < 4.78 is 0. The molecular weight excluding hydrogens is 520 g/mol. The highest BCUT2D eigenvalue weighted by Crippen LogP contribution is 2.12. The van der Waals surface area contributed by atoms with Crippen molar-refractivity contribution in [1.82, 2.24) is 30.6 Å². The summed E-state index contributed by atoms with van der Waals surface area (Å²) in [6.07, 6.45) is 1.18. The Balaban J connectivity index is 1.56. The van der Waals surface area contributed by atoms with E-state index in [0.717, 1.165) is 5.56 Å². The summed E-state index contributed by atoms with van der Waals surface area (Å²) >= 11 is 0. The van der Waals surface area contributed by atoms with Crippen LogP contribution in [0.25, 0.3) is 0 Å². The first-order valence-electron chi connectivity index (χ1n) is 12.5. The van der Waals surface area contributed by atoms with Gasteiger partial charge in [0.05, 0.1) is 0 Å². The average Bonchev–Trinajstić information content (AvgIpc) is 2.86. The second-order valence-electron chi connectivity index (χ2n) is 8.89. The van der Waals surface area contributed by atoms with Crippen molar-refractivity contribution < 1.29 is 14.4 Å². The third-order valence-electron chi connectivity index (χ3n) is 5.46. The number of nitrogens with zero attached hydrogens (tertiary/aromatic N) is 2. The molecule has 0 aliphatic heterocycles. The van der Waals surface area contributed by atoms with E-state index >= 15 is 0 Å². The van der Waals surface area contributed by atoms with Gasteiger partial charge in [-0.15, -0.1) is 0 Å². The fourth-order valence-corrected chi connectivity index (χ4v) is 3.68. The van der Waals surface area contributed by atoms with Crippen LogP contribution in [0.5, 0.6) is 0 Å². The first kappa shape index (κ1) is 29.5. The lowest BCUT2D eigenvalue weighted by Crippen LogP contribution is -2.46. The van der Waals surface area contributed by atoms with Crippen LogP contribution in [0.2, 0.25) is 0 Å². The van der Waals surface area contributed by atoms with Crippen LogP contribution in [0.15, 0.2) is 46.0 Å². The zero-order chi connectivity index (χ0) is 29.1. The van der Waals surface area contributed by atoms with E-state index in [0.29, 0.717) is 36.5 Å². The van der Waals surface area contributed by atoms with Gasteiger partial charge in [-0.1, -0.05) is 12.1 Å². The van der Waals surface area contributed by atoms with Gasteiger partial charge in [0, 0.05) is 42.3 Å². The monoisotopic (exact) mass is 552 g/mol. The number of aromatic amines is 2. The number of hydrogen-bond donors (Lipinski definition) is 8. The van der Waals surface area contributed by atoms with E-state index < -0.39 is 29.6 Å². The Hall–Kier alpha value is -5.05. The molecule has 0 fully saturated rings. The minimum absolute atomic E-state index is 0.0256. The summed E-state index contributed by atoms with van der Waals surface area (Å²) in [6, 6.07) is 7.35. The van der Waals surface area contributed by atoms with Gasteiger partial charge in [0.15, 0.2) is 0 Å². The standard InChI is InChI=1S/C25H32N10O5/c1-14-10-19(36)32-22(28-14)34-24(39)27-9-4-3-8-18(21(38)30-17-7-5-6-16(12-17)13-26)31-25(40)35-23-29-15(2)11-20(37)33-23/h5-7,10-12,18H,3-4,8-9,13,26H2,1-2H3,(H,30,38)(H3,27,28,32,34,36,39)(H3,29,31,33,35,37,40). The van der Waals surface area contributed by atoms with Crippen molar-refractivity contribution in [3.05, 3.63) is 74.1 Å². The van der Waals surface area contributed by atoms with E-state index in [4.69, 9.17) is 5.73 Å². The van der Waals surface area contributed by atoms with E-state index in [1.165, 1.54) is 12.1 Å². The first-order valence-corrected chi connectivity index (χ1v) is 12.5. The summed E-state index contributed by atoms with van der Waals surface area (Å²) in [6.45, 7) is 3.79. The topological polar surface area (TPSA) is 229 Å². The highest BCUT2D eigenvalue weighted by molar-refractivity contribution is 5.98. The van der Waals surface area contributed by atoms with Crippen molar-refractivity contribution in [3.63, 3.8) is 0 Å². The highest BCUT2D eigenvalue weighted by atomic mass is 16.2. The van der Waals surface area contributed by atoms with Crippen LogP contribution in [0.1, 0.15) is 36.2 Å². The van der Waals surface area contributed by atoms with E-state index in [9.17, 15) is 24.0 Å². The number of H-pyrrole nitrogens is 2. The first-order chi connectivity index (χ1) is 19.1. The number of benzene rings is 1. The van der Waals surface area contributed by atoms with Crippen LogP contribution in [0.4, 0.5) is 27.2 Å². The van der Waals surface area contributed by atoms with Crippen LogP contribution in [-0.2, 0) is 11.3 Å². The molecule has 3 aromatic rings. The number of hydrogen-bond acceptors (Lipinski definition) is 8. The molecule has 0 spiro atoms. The number of amides is 5. The number of aromatic nitrogens is 4. The second kappa shape index (κ2) is 14.2. The molecule has 9 N–H and O–H groups in total. The van der Waals surface area contributed by atoms with Crippen molar-refractivity contribution >= 4 is 35.6 Å². The number of anilines is 3. The molecule has 2 heterocycles. The molecular formula is C25H32N10O5. The Kier molecular flexibility index (Phi) is 10.5. The van der Waals surface area contributed by atoms with Crippen LogP contribution >= 0.6 is 0 Å². The fraction of sp³-hybridized carbons (Fsp3) is 0.320. The lowest BCUT2D eigenvalue weighted by atomic mass is 10.1. The molecule has 1 unspecified atom stereocenters. The number of nitrogens with one attached hydrogen (secondary N) is 7. The van der Waals surface area contributed by atoms with Gasteiger partial charge in [0.1, 0.15) is 6.04 Å². The molecule has 0 saturated carbocycles. The van der Waals surface area contributed by atoms with Crippen molar-refractivity contribution in [2.45, 2.75) is 45.7 Å². The number of rotatable bonds is 11. The molecule has 0 bridgehead atoms. The third kappa shape index (κ3) is 9.68. The van der Waals surface area contributed by atoms with Crippen LogP contribution < -0.4 is 43.4 Å². The molecule has 0 saturated heterocycles. The smallest absolute Gasteiger partial charge is 0.322 e. The van der Waals surface area contributed by atoms with E-state index in [-0.39, 0.29) is 30.4 Å². The average molecular weight is 553 g/mol. The lowest BCUT2D eigenvalue weighted by molar-refractivity contribution is -0.118. The third-order valence-corrected chi connectivity index (χ3v) is 5.46. The maximum atomic E-state index is 13.1. The number of urea groups is 2. The molecule has 0 aliphatic carbocycles. The van der Waals surface area contributed by atoms with E-state index in [1.807, 2.05) is 6.07 Å². The minimum atomic E-state index is -0.951. The van der Waals surface area contributed by atoms with Gasteiger partial charge in [0.25, 0.3) is 11.1 Å². The number of nitrogens with two attached hydrogens (primary N) is 1. The maximum absolute atomic E-state index is 13.1. The van der Waals surface area contributed by atoms with Gasteiger partial charge in [-0.3, -0.25) is 35.0 Å². The molecule has 2 aromatic heterocycles. The Bertz CT molecular complexity index is 1470. The Labute approximate surface area is 228 Å². The normalized spacial score (nSPS) is 11.3. The molecule has 40 heavy (non-hydrogen) atoms. The summed E-state index contributed by atoms with van der Waals surface area (Å²) in [5.41, 5.74) is 7.07. The second-order valence-corrected chi connectivity index (χ2v) is 8.89. The largest absolute Gasteiger partial charge is 0.338 e. The molecule has 212 valence electrons. The van der Waals surface area contributed by atoms with Gasteiger partial charge >= 0.3 is 12.1 Å².